The number of likely N-dealkylation sites (N-methyl/N-ethyl adjacent to an activating group) is 1. The highest BCUT2D eigenvalue weighted by molar-refractivity contribution is 5.90. The number of likely N-dealkylation sites (tertiary alicyclic amines) is 1. The Bertz CT molecular complexity index is 1590. The lowest BCUT2D eigenvalue weighted by molar-refractivity contribution is -0.187. The molecule has 0 unspecified atom stereocenters. The molecule has 8 atom stereocenters. The summed E-state index contributed by atoms with van der Waals surface area (Å²) >= 11 is 0. The minimum atomic E-state index is -2.76. The number of hydrogen-bond donors (Lipinski definition) is 7. The van der Waals surface area contributed by atoms with E-state index < -0.39 is 90.2 Å². The summed E-state index contributed by atoms with van der Waals surface area (Å²) in [5, 5.41) is 68.8. The van der Waals surface area contributed by atoms with Crippen LogP contribution in [0.15, 0.2) is 24.0 Å². The molecule has 1 saturated heterocycles. The normalized spacial score (nSPS) is 27.6. The van der Waals surface area contributed by atoms with Gasteiger partial charge in [0.25, 0.3) is 0 Å². The van der Waals surface area contributed by atoms with Crippen LogP contribution in [0.25, 0.3) is 0 Å². The van der Waals surface area contributed by atoms with E-state index in [4.69, 9.17) is 24.4 Å². The molecule has 1 fully saturated rings. The third-order valence-electron chi connectivity index (χ3n) is 9.42. The Hall–Kier alpha value is -4.62. The summed E-state index contributed by atoms with van der Waals surface area (Å²) in [6.07, 6.45) is -11.4. The van der Waals surface area contributed by atoms with Gasteiger partial charge in [-0.1, -0.05) is 12.1 Å². The second-order valence-corrected chi connectivity index (χ2v) is 12.1. The van der Waals surface area contributed by atoms with Crippen molar-refractivity contribution in [1.82, 2.24) is 4.90 Å². The topological polar surface area (TPSA) is 284 Å². The average Bonchev–Trinajstić information content (AvgIpc) is 3.38. The van der Waals surface area contributed by atoms with Gasteiger partial charge >= 0.3 is 35.8 Å². The summed E-state index contributed by atoms with van der Waals surface area (Å²) in [5.74, 6) is -10.3. The van der Waals surface area contributed by atoms with Crippen molar-refractivity contribution in [1.29, 1.82) is 0 Å². The SMILES string of the molecule is CN1CC[C@]23c4c5ccc(CO)c4O[C@H]2C(OC(=O)C[C@H](OC(=O)[C@H](O)[C@@H](O)C(=O)O)C(=O)O[C@@H](CC(=O)O)C(=O)O)=CC[C@@]3(O)[C@H]1C5. The van der Waals surface area contributed by atoms with Crippen LogP contribution in [0.1, 0.15) is 42.4 Å². The largest absolute Gasteiger partial charge is 0.481 e. The standard InChI is InChI=1S/C30H33NO17/c1-31-7-6-29-20-12-2-3-13(11-32)23(20)48-24(29)14(4-5-30(29,44)17(31)8-12)45-19(35)10-16(47-28(43)22(37)21(36)26(40)41)27(42)46-15(25(38)39)9-18(33)34/h2-4,15-17,21-22,24,32,36-37,44H,5-11H2,1H3,(H,33,34)(H,38,39)(H,40,41)/t15-,16-,17+,21+,22+,24-,29-,30+/m0/s1. The maximum Gasteiger partial charge on any atom is 0.348 e. The van der Waals surface area contributed by atoms with E-state index in [1.807, 2.05) is 18.0 Å². The first-order chi connectivity index (χ1) is 22.5. The number of aliphatic carboxylic acids is 3. The molecule has 0 amide bonds. The molecule has 1 spiro atoms. The van der Waals surface area contributed by atoms with E-state index in [2.05, 4.69) is 4.74 Å². The molecule has 260 valence electrons. The quantitative estimate of drug-likeness (QED) is 0.0843. The van der Waals surface area contributed by atoms with Gasteiger partial charge in [0.05, 0.1) is 30.5 Å². The molecule has 2 aliphatic carbocycles. The van der Waals surface area contributed by atoms with Gasteiger partial charge in [-0.25, -0.2) is 19.2 Å². The number of aliphatic hydroxyl groups is 4. The predicted molar refractivity (Wildman–Crippen MR) is 151 cm³/mol. The Balaban J connectivity index is 1.43. The number of aliphatic hydroxyl groups excluding tert-OH is 3. The van der Waals surface area contributed by atoms with E-state index in [9.17, 15) is 54.3 Å². The van der Waals surface area contributed by atoms with Crippen molar-refractivity contribution in [2.75, 3.05) is 13.6 Å². The van der Waals surface area contributed by atoms with Crippen LogP contribution < -0.4 is 4.74 Å². The maximum absolute atomic E-state index is 13.3. The molecule has 1 aromatic carbocycles. The fourth-order valence-corrected chi connectivity index (χ4v) is 7.16. The number of rotatable bonds is 13. The van der Waals surface area contributed by atoms with Crippen molar-refractivity contribution in [3.05, 3.63) is 40.7 Å². The lowest BCUT2D eigenvalue weighted by Crippen LogP contribution is -2.74. The Morgan fingerprint density at radius 1 is 0.979 bits per heavy atom. The number of hydrogen-bond acceptors (Lipinski definition) is 15. The van der Waals surface area contributed by atoms with Crippen molar-refractivity contribution in [3.8, 4) is 5.75 Å². The van der Waals surface area contributed by atoms with Crippen LogP contribution in [0, 0.1) is 0 Å². The lowest BCUT2D eigenvalue weighted by Gasteiger charge is -2.61. The van der Waals surface area contributed by atoms with Crippen molar-refractivity contribution in [2.24, 2.45) is 0 Å². The molecule has 7 N–H and O–H groups in total. The third kappa shape index (κ3) is 5.64. The van der Waals surface area contributed by atoms with Crippen molar-refractivity contribution in [3.63, 3.8) is 0 Å². The summed E-state index contributed by atoms with van der Waals surface area (Å²) in [4.78, 5) is 74.2. The fourth-order valence-electron chi connectivity index (χ4n) is 7.16. The van der Waals surface area contributed by atoms with Gasteiger partial charge in [0, 0.05) is 23.6 Å². The number of carboxylic acids is 3. The molecular weight excluding hydrogens is 646 g/mol. The van der Waals surface area contributed by atoms with Gasteiger partial charge < -0.3 is 59.6 Å². The Morgan fingerprint density at radius 2 is 1.67 bits per heavy atom. The molecule has 2 bridgehead atoms. The zero-order valence-corrected chi connectivity index (χ0v) is 25.3. The van der Waals surface area contributed by atoms with E-state index in [-0.39, 0.29) is 24.8 Å². The number of ether oxygens (including phenoxy) is 4. The van der Waals surface area contributed by atoms with Crippen molar-refractivity contribution in [2.45, 2.75) is 86.3 Å². The molecule has 18 nitrogen and oxygen atoms in total. The summed E-state index contributed by atoms with van der Waals surface area (Å²) < 4.78 is 21.3. The molecule has 1 aromatic rings. The summed E-state index contributed by atoms with van der Waals surface area (Å²) in [6.45, 7) is 0.147. The van der Waals surface area contributed by atoms with Crippen LogP contribution in [0.3, 0.4) is 0 Å². The minimum absolute atomic E-state index is 0.00190. The van der Waals surface area contributed by atoms with Crippen molar-refractivity contribution >= 4 is 35.8 Å². The molecule has 0 aromatic heterocycles. The zero-order chi connectivity index (χ0) is 35.3. The smallest absolute Gasteiger partial charge is 0.348 e. The maximum atomic E-state index is 13.3. The van der Waals surface area contributed by atoms with Crippen molar-refractivity contribution < 1.29 is 83.5 Å². The first-order valence-corrected chi connectivity index (χ1v) is 14.8. The molecule has 2 aliphatic heterocycles. The molecule has 2 heterocycles. The van der Waals surface area contributed by atoms with Gasteiger partial charge in [0.2, 0.25) is 12.2 Å². The van der Waals surface area contributed by atoms with Gasteiger partial charge in [-0.15, -0.1) is 0 Å². The molecule has 18 heteroatoms. The number of carbonyl (C=O) groups is 6. The van der Waals surface area contributed by atoms with E-state index >= 15 is 0 Å². The van der Waals surface area contributed by atoms with Gasteiger partial charge in [0.1, 0.15) is 11.5 Å². The second-order valence-electron chi connectivity index (χ2n) is 12.1. The summed E-state index contributed by atoms with van der Waals surface area (Å²) in [6, 6.07) is 3.21. The highest BCUT2D eigenvalue weighted by atomic mass is 16.6. The zero-order valence-electron chi connectivity index (χ0n) is 25.3. The van der Waals surface area contributed by atoms with Crippen LogP contribution in [0.4, 0.5) is 0 Å². The van der Waals surface area contributed by atoms with Crippen LogP contribution >= 0.6 is 0 Å². The molecular formula is C30H33NO17. The number of carbonyl (C=O) groups excluding carboxylic acids is 3. The first-order valence-electron chi connectivity index (χ1n) is 14.8. The number of esters is 3. The molecule has 4 aliphatic rings. The number of nitrogens with zero attached hydrogens (tertiary/aromatic N) is 1. The second kappa shape index (κ2) is 12.8. The Morgan fingerprint density at radius 3 is 2.29 bits per heavy atom. The number of carboxylic acid groups (broad SMARTS) is 3. The number of benzene rings is 1. The first kappa shape index (κ1) is 34.7. The highest BCUT2D eigenvalue weighted by Gasteiger charge is 2.72. The monoisotopic (exact) mass is 679 g/mol. The van der Waals surface area contributed by atoms with Gasteiger partial charge in [0.15, 0.2) is 18.3 Å². The third-order valence-corrected chi connectivity index (χ3v) is 9.42. The van der Waals surface area contributed by atoms with Gasteiger partial charge in [-0.2, -0.15) is 0 Å². The molecule has 5 rings (SSSR count). The van der Waals surface area contributed by atoms with Crippen LogP contribution in [-0.4, -0.2) is 132 Å². The Kier molecular flexibility index (Phi) is 9.23. The van der Waals surface area contributed by atoms with Crippen LogP contribution in [-0.2, 0) is 61.4 Å². The van der Waals surface area contributed by atoms with Gasteiger partial charge in [-0.3, -0.25) is 9.59 Å². The molecule has 0 radical (unpaired) electrons. The van der Waals surface area contributed by atoms with E-state index in [1.54, 1.807) is 6.07 Å². The number of piperidine rings is 1. The Labute approximate surface area is 270 Å². The predicted octanol–water partition coefficient (Wildman–Crippen LogP) is -2.42. The molecule has 48 heavy (non-hydrogen) atoms. The van der Waals surface area contributed by atoms with E-state index in [0.29, 0.717) is 36.3 Å². The lowest BCUT2D eigenvalue weighted by atomic mass is 9.50. The van der Waals surface area contributed by atoms with Crippen LogP contribution in [0.2, 0.25) is 0 Å². The highest BCUT2D eigenvalue weighted by Crippen LogP contribution is 2.64. The molecule has 0 saturated carbocycles. The minimum Gasteiger partial charge on any atom is -0.481 e. The fraction of sp³-hybridized carbons (Fsp3) is 0.533. The average molecular weight is 680 g/mol. The summed E-state index contributed by atoms with van der Waals surface area (Å²) in [7, 11) is 1.88. The van der Waals surface area contributed by atoms with Crippen LogP contribution in [0.5, 0.6) is 5.75 Å². The van der Waals surface area contributed by atoms with E-state index in [1.165, 1.54) is 6.08 Å². The van der Waals surface area contributed by atoms with E-state index in [0.717, 1.165) is 5.56 Å². The van der Waals surface area contributed by atoms with Gasteiger partial charge in [-0.05, 0) is 38.1 Å². The summed E-state index contributed by atoms with van der Waals surface area (Å²) in [5.41, 5.74) is -0.493.